The topological polar surface area (TPSA) is 13.1 Å². The molecule has 0 bridgehead atoms. The summed E-state index contributed by atoms with van der Waals surface area (Å²) in [4.78, 5) is 0. The van der Waals surface area contributed by atoms with Gasteiger partial charge in [-0.05, 0) is 81.9 Å². The van der Waals surface area contributed by atoms with Crippen LogP contribution in [0.3, 0.4) is 0 Å². The Morgan fingerprint density at radius 2 is 0.309 bits per heavy atom. The lowest BCUT2D eigenvalue weighted by molar-refractivity contribution is 0.676. The first-order chi connectivity index (χ1) is 37.8. The molecule has 81 heavy (non-hydrogen) atoms. The molecule has 0 saturated carbocycles. The first-order valence-electron chi connectivity index (χ1n) is 30.2. The predicted molar refractivity (Wildman–Crippen MR) is 463 cm³/mol. The summed E-state index contributed by atoms with van der Waals surface area (Å²) >= 11 is 0. The van der Waals surface area contributed by atoms with Crippen molar-refractivity contribution in [1.82, 2.24) is 0 Å². The standard InChI is InChI=1S/C50H60B30O/c51-19-12-8(9-13(30(62)29(12)61)35(67)44(76)43(75)26(9)58)20(52)31(63)14(19)15-32(64)27(59)11(28(60)33(15)65)2-5-3(21(53)39(71)41(73)23(5)55)1(4-6(2)24(56)42(74)40(72)22(4)54)7-10-17-37(69)34(66)16-18(38(70)46(78)45(77)36(16)68)49(17)81-50(10)48(80)47(79)25(7)57/h51-80H2. The third kappa shape index (κ3) is 7.30. The molecule has 31 heteroatoms. The fourth-order valence-electron chi connectivity index (χ4n) is 16.5. The van der Waals surface area contributed by atoms with Gasteiger partial charge < -0.3 is 4.42 Å². The van der Waals surface area contributed by atoms with E-state index in [1.54, 1.807) is 0 Å². The molecule has 0 fully saturated rings. The predicted octanol–water partition coefficient (Wildman–Crippen LogP) is -37.9. The molecule has 0 atom stereocenters. The Morgan fingerprint density at radius 1 is 0.111 bits per heavy atom. The van der Waals surface area contributed by atoms with E-state index in [9.17, 15) is 0 Å². The van der Waals surface area contributed by atoms with Crippen molar-refractivity contribution < 1.29 is 4.42 Å². The summed E-state index contributed by atoms with van der Waals surface area (Å²) in [5.41, 5.74) is 51.4. The third-order valence-corrected chi connectivity index (χ3v) is 23.5. The van der Waals surface area contributed by atoms with Crippen LogP contribution in [0.25, 0.3) is 109 Å². The van der Waals surface area contributed by atoms with Gasteiger partial charge in [-0.2, -0.15) is 0 Å². The molecular weight excluding hydrogens is 941 g/mol. The van der Waals surface area contributed by atoms with Gasteiger partial charge >= 0.3 is 0 Å². The van der Waals surface area contributed by atoms with E-state index in [2.05, 4.69) is 235 Å². The molecular formula is C50H60B30O. The first kappa shape index (κ1) is 58.0. The monoisotopic (exact) mass is 1010 g/mol. The molecule has 10 aromatic carbocycles. The molecule has 356 valence electrons. The number of fused-ring (bicyclic) bond motifs is 10. The number of hydrogen-bond acceptors (Lipinski definition) is 1. The Kier molecular flexibility index (Phi) is 13.9. The van der Waals surface area contributed by atoms with E-state index in [1.807, 2.05) is 0 Å². The van der Waals surface area contributed by atoms with Crippen molar-refractivity contribution in [3.8, 4) is 33.4 Å². The summed E-state index contributed by atoms with van der Waals surface area (Å²) in [6.45, 7) is 0. The number of rotatable bonds is 3. The minimum absolute atomic E-state index is 1.02. The third-order valence-electron chi connectivity index (χ3n) is 23.5. The lowest BCUT2D eigenvalue weighted by atomic mass is 9.55. The van der Waals surface area contributed by atoms with E-state index in [1.165, 1.54) is 262 Å². The minimum Gasteiger partial charge on any atom is -0.456 e. The summed E-state index contributed by atoms with van der Waals surface area (Å²) < 4.78 is 7.57. The fourth-order valence-corrected chi connectivity index (χ4v) is 16.5. The van der Waals surface area contributed by atoms with Crippen LogP contribution in [0.5, 0.6) is 0 Å². The number of furan rings is 1. The maximum absolute atomic E-state index is 7.57. The van der Waals surface area contributed by atoms with Gasteiger partial charge in [0, 0.05) is 16.2 Å². The molecule has 0 aliphatic carbocycles. The highest BCUT2D eigenvalue weighted by molar-refractivity contribution is 6.79. The molecule has 0 aliphatic heterocycles. The van der Waals surface area contributed by atoms with Gasteiger partial charge in [-0.3, -0.25) is 0 Å². The quantitative estimate of drug-likeness (QED) is 0.0977. The van der Waals surface area contributed by atoms with E-state index in [0.29, 0.717) is 0 Å². The molecule has 0 amide bonds. The van der Waals surface area contributed by atoms with Crippen molar-refractivity contribution in [1.29, 1.82) is 0 Å². The van der Waals surface area contributed by atoms with Crippen LogP contribution >= 0.6 is 0 Å². The summed E-state index contributed by atoms with van der Waals surface area (Å²) in [6.07, 6.45) is 0. The zero-order chi connectivity index (χ0) is 59.6. The lowest BCUT2D eigenvalue weighted by Gasteiger charge is -2.32. The molecule has 0 radical (unpaired) electrons. The first-order valence-corrected chi connectivity index (χ1v) is 30.2. The molecule has 1 nitrogen and oxygen atoms in total. The van der Waals surface area contributed by atoms with Crippen molar-refractivity contribution in [2.45, 2.75) is 0 Å². The second kappa shape index (κ2) is 19.4. The van der Waals surface area contributed by atoms with E-state index >= 15 is 0 Å². The van der Waals surface area contributed by atoms with Crippen molar-refractivity contribution in [3.63, 3.8) is 0 Å². The Bertz CT molecular complexity index is 4820. The normalized spacial score (nSPS) is 12.0. The molecule has 0 unspecified atom stereocenters. The molecule has 0 saturated heterocycles. The Hall–Kier alpha value is -4.75. The lowest BCUT2D eigenvalue weighted by Crippen LogP contribution is -2.52. The summed E-state index contributed by atoms with van der Waals surface area (Å²) in [5, 5.41) is 16.4. The maximum atomic E-state index is 7.57. The van der Waals surface area contributed by atoms with Gasteiger partial charge in [0.15, 0.2) is 0 Å². The average Bonchev–Trinajstić information content (AvgIpc) is 3.83. The Morgan fingerprint density at radius 3 is 0.691 bits per heavy atom. The Labute approximate surface area is 509 Å². The van der Waals surface area contributed by atoms with Gasteiger partial charge in [0.05, 0.1) is 0 Å². The molecule has 0 aliphatic rings. The van der Waals surface area contributed by atoms with Gasteiger partial charge in [-0.1, -0.05) is 120 Å². The van der Waals surface area contributed by atoms with Gasteiger partial charge in [0.1, 0.15) is 247 Å². The highest BCUT2D eigenvalue weighted by Crippen LogP contribution is 2.43. The van der Waals surface area contributed by atoms with Crippen LogP contribution in [0, 0.1) is 0 Å². The van der Waals surface area contributed by atoms with E-state index in [0.717, 1.165) is 11.2 Å². The zero-order valence-corrected chi connectivity index (χ0v) is 55.4. The van der Waals surface area contributed by atoms with E-state index in [4.69, 9.17) is 4.42 Å². The number of hydrogen-bond donors (Lipinski definition) is 0. The van der Waals surface area contributed by atoms with Crippen molar-refractivity contribution in [2.75, 3.05) is 0 Å². The van der Waals surface area contributed by atoms with Crippen LogP contribution in [-0.2, 0) is 0 Å². The van der Waals surface area contributed by atoms with Crippen LogP contribution in [0.4, 0.5) is 0 Å². The van der Waals surface area contributed by atoms with Crippen LogP contribution < -0.4 is 164 Å². The highest BCUT2D eigenvalue weighted by Gasteiger charge is 2.33. The average molecular weight is 1000 g/mol. The van der Waals surface area contributed by atoms with Crippen molar-refractivity contribution in [2.24, 2.45) is 0 Å². The van der Waals surface area contributed by atoms with Gasteiger partial charge in [-0.15, -0.1) is 43.7 Å². The summed E-state index contributed by atoms with van der Waals surface area (Å²) in [7, 11) is 71.4. The SMILES string of the molecule is Bc1c(B)c(-c2c3c(B)c(B)c(B)c(B)c3c(-c3c(B)c(B)c(B)c4oc5c6c(B)c(B)c(B)c(B)c6c(B)c(B)c5c34)c3c(B)c(B)c(B)c(B)c23)c(B)c(B)c1-c1c(B)c(B)c2c(c1B)c(B)c(B)c1c(B)c(B)c(B)c(B)c12. The highest BCUT2D eigenvalue weighted by atomic mass is 16.3. The number of benzene rings is 10. The van der Waals surface area contributed by atoms with Crippen molar-refractivity contribution >= 4 is 475 Å². The van der Waals surface area contributed by atoms with E-state index in [-0.39, 0.29) is 0 Å². The molecule has 0 N–H and O–H groups in total. The second-order valence-corrected chi connectivity index (χ2v) is 26.3. The Balaban J connectivity index is 1.36. The molecule has 1 heterocycles. The van der Waals surface area contributed by atoms with E-state index < -0.39 is 0 Å². The second-order valence-electron chi connectivity index (χ2n) is 26.3. The van der Waals surface area contributed by atoms with Crippen LogP contribution in [-0.4, -0.2) is 235 Å². The molecule has 11 aromatic rings. The molecule has 0 spiro atoms. The summed E-state index contributed by atoms with van der Waals surface area (Å²) in [5.74, 6) is 0. The maximum Gasteiger partial charge on any atom is 0.143 e. The molecule has 11 rings (SSSR count). The summed E-state index contributed by atoms with van der Waals surface area (Å²) in [6, 6.07) is 0. The molecule has 1 aromatic heterocycles. The fraction of sp³-hybridized carbons (Fsp3) is 0. The smallest absolute Gasteiger partial charge is 0.143 e. The van der Waals surface area contributed by atoms with Crippen molar-refractivity contribution in [3.05, 3.63) is 0 Å². The van der Waals surface area contributed by atoms with Crippen LogP contribution in [0.1, 0.15) is 0 Å². The largest absolute Gasteiger partial charge is 0.456 e. The minimum atomic E-state index is 1.02. The van der Waals surface area contributed by atoms with Gasteiger partial charge in [0.2, 0.25) is 0 Å². The van der Waals surface area contributed by atoms with Crippen LogP contribution in [0.2, 0.25) is 0 Å². The zero-order valence-electron chi connectivity index (χ0n) is 55.4. The van der Waals surface area contributed by atoms with Gasteiger partial charge in [-0.25, -0.2) is 0 Å². The van der Waals surface area contributed by atoms with Crippen LogP contribution in [0.15, 0.2) is 4.42 Å². The van der Waals surface area contributed by atoms with Gasteiger partial charge in [0.25, 0.3) is 0 Å².